The van der Waals surface area contributed by atoms with Crippen molar-refractivity contribution >= 4 is 39.6 Å². The Bertz CT molecular complexity index is 1950. The molecule has 228 valence electrons. The van der Waals surface area contributed by atoms with Gasteiger partial charge in [-0.15, -0.1) is 0 Å². The number of para-hydroxylation sites is 2. The number of aromatic nitrogens is 1. The number of hydrogen-bond donors (Lipinski definition) is 1. The van der Waals surface area contributed by atoms with Crippen molar-refractivity contribution in [2.24, 2.45) is 0 Å². The maximum absolute atomic E-state index is 13.6. The lowest BCUT2D eigenvalue weighted by Gasteiger charge is -2.23. The van der Waals surface area contributed by atoms with Gasteiger partial charge in [-0.05, 0) is 91.3 Å². The number of ether oxygens (including phenoxy) is 2. The molecule has 3 aromatic carbocycles. The maximum atomic E-state index is 13.6. The summed E-state index contributed by atoms with van der Waals surface area (Å²) in [5, 5.41) is 4.64. The first-order valence-corrected chi connectivity index (χ1v) is 14.6. The van der Waals surface area contributed by atoms with Crippen LogP contribution in [0.3, 0.4) is 0 Å². The molecule has 8 heteroatoms. The molecule has 0 fully saturated rings. The Morgan fingerprint density at radius 1 is 0.864 bits per heavy atom. The third-order valence-electron chi connectivity index (χ3n) is 6.93. The van der Waals surface area contributed by atoms with Gasteiger partial charge in [-0.3, -0.25) is 4.79 Å². The molecule has 1 atom stereocenters. The molecule has 0 aliphatic carbocycles. The minimum atomic E-state index is -0.731. The molecule has 0 radical (unpaired) electrons. The first-order chi connectivity index (χ1) is 20.6. The largest absolute Gasteiger partial charge is 0.456 e. The minimum absolute atomic E-state index is 0.232. The molecule has 0 bridgehead atoms. The van der Waals surface area contributed by atoms with Crippen LogP contribution >= 0.6 is 0 Å². The van der Waals surface area contributed by atoms with E-state index in [2.05, 4.69) is 5.32 Å². The quantitative estimate of drug-likeness (QED) is 0.203. The lowest BCUT2D eigenvalue weighted by Crippen LogP contribution is -2.27. The molecule has 8 nitrogen and oxygen atoms in total. The molecule has 1 unspecified atom stereocenters. The lowest BCUT2D eigenvalue weighted by atomic mass is 10.0. The van der Waals surface area contributed by atoms with Gasteiger partial charge in [0.15, 0.2) is 11.2 Å². The van der Waals surface area contributed by atoms with Crippen LogP contribution in [0.5, 0.6) is 0 Å². The van der Waals surface area contributed by atoms with Crippen LogP contribution in [0.4, 0.5) is 10.5 Å². The molecule has 5 rings (SSSR count). The zero-order valence-corrected chi connectivity index (χ0v) is 26.4. The first-order valence-electron chi connectivity index (χ1n) is 14.6. The second-order valence-corrected chi connectivity index (χ2v) is 13.0. The van der Waals surface area contributed by atoms with Gasteiger partial charge >= 0.3 is 12.1 Å². The van der Waals surface area contributed by atoms with Crippen molar-refractivity contribution in [2.45, 2.75) is 72.6 Å². The van der Waals surface area contributed by atoms with Gasteiger partial charge in [0.05, 0.1) is 28.2 Å². The number of carbonyl (C=O) groups excluding carboxylic acids is 2. The number of esters is 1. The number of anilines is 1. The summed E-state index contributed by atoms with van der Waals surface area (Å²) < 4.78 is 19.3. The predicted octanol–water partition coefficient (Wildman–Crippen LogP) is 8.63. The number of hydrogen-bond acceptors (Lipinski definition) is 7. The van der Waals surface area contributed by atoms with Gasteiger partial charge in [0.25, 0.3) is 0 Å². The number of rotatable bonds is 5. The molecular weight excluding hydrogens is 556 g/mol. The molecule has 0 amide bonds. The summed E-state index contributed by atoms with van der Waals surface area (Å²) in [6.07, 6.45) is -0.575. The van der Waals surface area contributed by atoms with Crippen molar-refractivity contribution in [1.29, 1.82) is 0 Å². The van der Waals surface area contributed by atoms with E-state index in [4.69, 9.17) is 13.9 Å². The Kier molecular flexibility index (Phi) is 7.88. The van der Waals surface area contributed by atoms with Crippen LogP contribution < -0.4 is 10.7 Å². The molecule has 44 heavy (non-hydrogen) atoms. The van der Waals surface area contributed by atoms with E-state index in [0.29, 0.717) is 33.4 Å². The summed E-state index contributed by atoms with van der Waals surface area (Å²) in [4.78, 5) is 40.0. The van der Waals surface area contributed by atoms with Crippen LogP contribution in [-0.2, 0) is 9.47 Å². The lowest BCUT2D eigenvalue weighted by molar-refractivity contribution is 0.00703. The van der Waals surface area contributed by atoms with Gasteiger partial charge < -0.3 is 19.2 Å². The van der Waals surface area contributed by atoms with Crippen LogP contribution in [0, 0.1) is 6.92 Å². The average Bonchev–Trinajstić information content (AvgIpc) is 3.31. The van der Waals surface area contributed by atoms with Crippen molar-refractivity contribution < 1.29 is 23.5 Å². The van der Waals surface area contributed by atoms with Crippen molar-refractivity contribution in [2.75, 3.05) is 5.32 Å². The van der Waals surface area contributed by atoms with Crippen molar-refractivity contribution in [3.05, 3.63) is 99.7 Å². The van der Waals surface area contributed by atoms with Crippen LogP contribution in [0.15, 0.2) is 82.0 Å². The van der Waals surface area contributed by atoms with Gasteiger partial charge in [0.1, 0.15) is 16.8 Å². The number of nitrogens with zero attached hydrogens (tertiary/aromatic N) is 1. The van der Waals surface area contributed by atoms with Gasteiger partial charge in [-0.1, -0.05) is 36.4 Å². The van der Waals surface area contributed by atoms with E-state index in [0.717, 1.165) is 16.5 Å². The number of nitrogens with one attached hydrogen (secondary N) is 1. The Hall–Kier alpha value is -4.85. The molecule has 0 saturated carbocycles. The fraction of sp³-hybridized carbons (Fsp3) is 0.306. The third-order valence-corrected chi connectivity index (χ3v) is 6.93. The molecule has 1 N–H and O–H groups in total. The maximum Gasteiger partial charge on any atom is 0.419 e. The number of aryl methyl sites for hydroxylation is 1. The SMILES string of the molecule is Cc1cc(C(C)Nc2ccccc2C(=O)OC(C)(C)C)c2oc(-c3cc4ccccc4n3C(=O)OC(C)(C)C)cc(=O)c2c1. The second-order valence-electron chi connectivity index (χ2n) is 13.0. The van der Waals surface area contributed by atoms with E-state index in [1.165, 1.54) is 10.6 Å². The zero-order chi connectivity index (χ0) is 32.0. The number of benzene rings is 3. The predicted molar refractivity (Wildman–Crippen MR) is 173 cm³/mol. The Labute approximate surface area is 256 Å². The fourth-order valence-corrected chi connectivity index (χ4v) is 5.15. The Morgan fingerprint density at radius 3 is 2.23 bits per heavy atom. The topological polar surface area (TPSA) is 99.8 Å². The van der Waals surface area contributed by atoms with E-state index in [1.807, 2.05) is 83.1 Å². The molecule has 0 saturated heterocycles. The van der Waals surface area contributed by atoms with E-state index < -0.39 is 23.3 Å². The summed E-state index contributed by atoms with van der Waals surface area (Å²) in [6.45, 7) is 14.7. The van der Waals surface area contributed by atoms with Crippen LogP contribution in [0.1, 0.15) is 76.0 Å². The molecule has 0 spiro atoms. The summed E-state index contributed by atoms with van der Waals surface area (Å²) in [5.74, 6) is -0.207. The van der Waals surface area contributed by atoms with Crippen molar-refractivity contribution in [3.8, 4) is 11.5 Å². The highest BCUT2D eigenvalue weighted by Crippen LogP contribution is 2.34. The van der Waals surface area contributed by atoms with E-state index in [1.54, 1.807) is 39.0 Å². The Balaban J connectivity index is 1.63. The van der Waals surface area contributed by atoms with E-state index in [9.17, 15) is 14.4 Å². The fourth-order valence-electron chi connectivity index (χ4n) is 5.15. The van der Waals surface area contributed by atoms with E-state index in [-0.39, 0.29) is 17.2 Å². The smallest absolute Gasteiger partial charge is 0.419 e. The van der Waals surface area contributed by atoms with Crippen LogP contribution in [0.25, 0.3) is 33.3 Å². The first kappa shape index (κ1) is 30.6. The highest BCUT2D eigenvalue weighted by molar-refractivity contribution is 5.97. The Morgan fingerprint density at radius 2 is 1.52 bits per heavy atom. The number of carbonyl (C=O) groups is 2. The normalized spacial score (nSPS) is 12.7. The van der Waals surface area contributed by atoms with Crippen LogP contribution in [-0.4, -0.2) is 27.8 Å². The van der Waals surface area contributed by atoms with Crippen molar-refractivity contribution in [1.82, 2.24) is 4.57 Å². The molecule has 2 aromatic heterocycles. The summed E-state index contributed by atoms with van der Waals surface area (Å²) in [7, 11) is 0. The van der Waals surface area contributed by atoms with Crippen molar-refractivity contribution in [3.63, 3.8) is 0 Å². The molecule has 5 aromatic rings. The molecule has 0 aliphatic heterocycles. The van der Waals surface area contributed by atoms with Crippen LogP contribution in [0.2, 0.25) is 0 Å². The highest BCUT2D eigenvalue weighted by Gasteiger charge is 2.26. The summed E-state index contributed by atoms with van der Waals surface area (Å²) >= 11 is 0. The van der Waals surface area contributed by atoms with Gasteiger partial charge in [0, 0.05) is 22.7 Å². The highest BCUT2D eigenvalue weighted by atomic mass is 16.6. The third kappa shape index (κ3) is 6.39. The average molecular weight is 595 g/mol. The van der Waals surface area contributed by atoms with Gasteiger partial charge in [-0.2, -0.15) is 0 Å². The minimum Gasteiger partial charge on any atom is -0.456 e. The molecule has 2 heterocycles. The molecular formula is C36H38N2O6. The monoisotopic (exact) mass is 594 g/mol. The van der Waals surface area contributed by atoms with Gasteiger partial charge in [-0.25, -0.2) is 14.2 Å². The molecule has 0 aliphatic rings. The summed E-state index contributed by atoms with van der Waals surface area (Å²) in [5.41, 5.74) is 2.39. The van der Waals surface area contributed by atoms with E-state index >= 15 is 0 Å². The zero-order valence-electron chi connectivity index (χ0n) is 26.4. The standard InChI is InChI=1S/C36H38N2O6/c1-21-17-25(22(2)37-27-15-11-10-14-24(27)33(40)43-35(3,4)5)32-26(18-21)30(39)20-31(42-32)29-19-23-13-9-12-16-28(23)38(29)34(41)44-36(6,7)8/h9-20,22,37H,1-8H3. The number of fused-ring (bicyclic) bond motifs is 2. The van der Waals surface area contributed by atoms with Gasteiger partial charge in [0.2, 0.25) is 0 Å². The summed E-state index contributed by atoms with van der Waals surface area (Å²) in [6, 6.07) is 21.2. The second kappa shape index (κ2) is 11.3.